The minimum Gasteiger partial charge on any atom is -0.275 e. The molecule has 6 heteroatoms. The lowest BCUT2D eigenvalue weighted by Gasteiger charge is -1.98. The maximum absolute atomic E-state index is 5.76. The second-order valence-corrected chi connectivity index (χ2v) is 3.23. The summed E-state index contributed by atoms with van der Waals surface area (Å²) in [5.74, 6) is 0. The highest BCUT2D eigenvalue weighted by Gasteiger charge is 2.05. The Morgan fingerprint density at radius 2 is 2.33 bits per heavy atom. The van der Waals surface area contributed by atoms with Crippen LogP contribution in [0.5, 0.6) is 0 Å². The monoisotopic (exact) mass is 200 g/mol. The number of rotatable bonds is 1. The Labute approximate surface area is 78.0 Å². The predicted molar refractivity (Wildman–Crippen MR) is 47.6 cm³/mol. The number of hydrogen-bond donors (Lipinski definition) is 0. The van der Waals surface area contributed by atoms with E-state index in [1.54, 1.807) is 10.6 Å². The average molecular weight is 201 g/mol. The first kappa shape index (κ1) is 7.82. The number of aromatic nitrogens is 4. The van der Waals surface area contributed by atoms with Gasteiger partial charge in [-0.1, -0.05) is 23.4 Å². The molecule has 0 aliphatic carbocycles. The van der Waals surface area contributed by atoms with Crippen LogP contribution < -0.4 is 0 Å². The van der Waals surface area contributed by atoms with E-state index >= 15 is 0 Å². The highest BCUT2D eigenvalue weighted by molar-refractivity contribution is 7.98. The molecule has 0 aromatic carbocycles. The molecular formula is C6H5ClN4S. The third-order valence-electron chi connectivity index (χ3n) is 1.44. The summed E-state index contributed by atoms with van der Waals surface area (Å²) >= 11 is 7.26. The molecule has 0 N–H and O–H groups in total. The number of imidazole rings is 1. The number of halogens is 1. The normalized spacial score (nSPS) is 10.8. The molecule has 62 valence electrons. The zero-order valence-electron chi connectivity index (χ0n) is 6.23. The number of hydrogen-bond acceptors (Lipinski definition) is 4. The van der Waals surface area contributed by atoms with Gasteiger partial charge >= 0.3 is 0 Å². The van der Waals surface area contributed by atoms with Gasteiger partial charge in [0.05, 0.1) is 0 Å². The van der Waals surface area contributed by atoms with Crippen LogP contribution in [0, 0.1) is 0 Å². The zero-order chi connectivity index (χ0) is 8.55. The maximum Gasteiger partial charge on any atom is 0.195 e. The van der Waals surface area contributed by atoms with E-state index in [1.807, 2.05) is 12.5 Å². The summed E-state index contributed by atoms with van der Waals surface area (Å²) in [4.78, 5) is 4.04. The smallest absolute Gasteiger partial charge is 0.195 e. The molecule has 4 nitrogen and oxygen atoms in total. The van der Waals surface area contributed by atoms with Gasteiger partial charge in [0.25, 0.3) is 0 Å². The zero-order valence-corrected chi connectivity index (χ0v) is 7.80. The fourth-order valence-electron chi connectivity index (χ4n) is 0.929. The van der Waals surface area contributed by atoms with Crippen LogP contribution in [-0.2, 0) is 0 Å². The summed E-state index contributed by atoms with van der Waals surface area (Å²) in [5.41, 5.74) is 0.649. The van der Waals surface area contributed by atoms with Gasteiger partial charge in [-0.05, 0) is 6.26 Å². The molecule has 2 heterocycles. The van der Waals surface area contributed by atoms with Crippen molar-refractivity contribution in [2.75, 3.05) is 6.26 Å². The Bertz CT molecular complexity index is 413. The molecule has 0 aliphatic rings. The molecule has 2 rings (SSSR count). The van der Waals surface area contributed by atoms with Crippen molar-refractivity contribution in [2.45, 2.75) is 5.16 Å². The Kier molecular flexibility index (Phi) is 1.90. The molecule has 0 spiro atoms. The van der Waals surface area contributed by atoms with Crippen molar-refractivity contribution in [1.82, 2.24) is 19.6 Å². The van der Waals surface area contributed by atoms with Gasteiger partial charge in [-0.25, -0.2) is 4.98 Å². The molecule has 0 saturated carbocycles. The molecule has 12 heavy (non-hydrogen) atoms. The molecule has 2 aromatic rings. The van der Waals surface area contributed by atoms with E-state index in [0.717, 1.165) is 5.16 Å². The van der Waals surface area contributed by atoms with Crippen molar-refractivity contribution >= 4 is 29.0 Å². The van der Waals surface area contributed by atoms with E-state index in [0.29, 0.717) is 10.8 Å². The fourth-order valence-corrected chi connectivity index (χ4v) is 1.57. The Morgan fingerprint density at radius 3 is 3.08 bits per heavy atom. The van der Waals surface area contributed by atoms with Crippen LogP contribution in [-0.4, -0.2) is 25.8 Å². The summed E-state index contributed by atoms with van der Waals surface area (Å²) < 4.78 is 1.81. The minimum atomic E-state index is 0.331. The lowest BCUT2D eigenvalue weighted by atomic mass is 10.8. The molecule has 0 amide bonds. The van der Waals surface area contributed by atoms with Crippen molar-refractivity contribution < 1.29 is 0 Å². The van der Waals surface area contributed by atoms with Crippen molar-refractivity contribution in [2.24, 2.45) is 0 Å². The third kappa shape index (κ3) is 1.05. The molecule has 2 aromatic heterocycles. The first-order chi connectivity index (χ1) is 5.83. The minimum absolute atomic E-state index is 0.331. The number of fused-ring (bicyclic) bond motifs is 1. The van der Waals surface area contributed by atoms with E-state index in [1.165, 1.54) is 11.8 Å². The number of thioether (sulfide) groups is 1. The molecular weight excluding hydrogens is 196 g/mol. The molecule has 0 saturated heterocycles. The fraction of sp³-hybridized carbons (Fsp3) is 0.167. The van der Waals surface area contributed by atoms with Gasteiger partial charge in [0, 0.05) is 12.4 Å². The lowest BCUT2D eigenvalue weighted by molar-refractivity contribution is 0.808. The van der Waals surface area contributed by atoms with Crippen LogP contribution in [0.1, 0.15) is 0 Å². The summed E-state index contributed by atoms with van der Waals surface area (Å²) in [6.07, 6.45) is 5.41. The summed E-state index contributed by atoms with van der Waals surface area (Å²) in [7, 11) is 0. The van der Waals surface area contributed by atoms with Gasteiger partial charge in [0.2, 0.25) is 0 Å². The third-order valence-corrected chi connectivity index (χ3v) is 2.33. The van der Waals surface area contributed by atoms with Crippen molar-refractivity contribution in [3.05, 3.63) is 17.5 Å². The largest absolute Gasteiger partial charge is 0.275 e. The maximum atomic E-state index is 5.76. The van der Waals surface area contributed by atoms with E-state index in [4.69, 9.17) is 11.6 Å². The van der Waals surface area contributed by atoms with Crippen molar-refractivity contribution in [1.29, 1.82) is 0 Å². The topological polar surface area (TPSA) is 43.1 Å². The molecule has 0 fully saturated rings. The Balaban J connectivity index is 2.82. The van der Waals surface area contributed by atoms with Crippen molar-refractivity contribution in [3.8, 4) is 0 Å². The molecule has 0 radical (unpaired) electrons. The molecule has 0 aliphatic heterocycles. The van der Waals surface area contributed by atoms with Gasteiger partial charge in [-0.3, -0.25) is 4.40 Å². The van der Waals surface area contributed by atoms with Gasteiger partial charge in [0.15, 0.2) is 16.0 Å². The first-order valence-electron chi connectivity index (χ1n) is 3.22. The standard InChI is InChI=1S/C6H5ClN4S/c1-12-6-10-9-4(7)5-8-2-3-11(5)6/h2-3H,1H3. The van der Waals surface area contributed by atoms with Crippen LogP contribution in [0.4, 0.5) is 0 Å². The van der Waals surface area contributed by atoms with Gasteiger partial charge in [-0.2, -0.15) is 0 Å². The second-order valence-electron chi connectivity index (χ2n) is 2.10. The average Bonchev–Trinajstić information content (AvgIpc) is 2.54. The van der Waals surface area contributed by atoms with Gasteiger partial charge in [-0.15, -0.1) is 10.2 Å². The van der Waals surface area contributed by atoms with Crippen LogP contribution in [0.15, 0.2) is 17.6 Å². The molecule has 0 atom stereocenters. The van der Waals surface area contributed by atoms with Crippen molar-refractivity contribution in [3.63, 3.8) is 0 Å². The van der Waals surface area contributed by atoms with Crippen LogP contribution in [0.3, 0.4) is 0 Å². The van der Waals surface area contributed by atoms with E-state index in [2.05, 4.69) is 15.2 Å². The van der Waals surface area contributed by atoms with Gasteiger partial charge < -0.3 is 0 Å². The second kappa shape index (κ2) is 2.91. The Morgan fingerprint density at radius 1 is 1.50 bits per heavy atom. The summed E-state index contributed by atoms with van der Waals surface area (Å²) in [6.45, 7) is 0. The summed E-state index contributed by atoms with van der Waals surface area (Å²) in [5, 5.41) is 8.78. The first-order valence-corrected chi connectivity index (χ1v) is 4.82. The van der Waals surface area contributed by atoms with E-state index < -0.39 is 0 Å². The highest BCUT2D eigenvalue weighted by Crippen LogP contribution is 2.17. The lowest BCUT2D eigenvalue weighted by Crippen LogP contribution is -1.96. The molecule has 0 bridgehead atoms. The van der Waals surface area contributed by atoms with Crippen LogP contribution >= 0.6 is 23.4 Å². The SMILES string of the molecule is CSc1nnc(Cl)c2nccn12. The van der Waals surface area contributed by atoms with Gasteiger partial charge in [0.1, 0.15) is 0 Å². The molecule has 0 unspecified atom stereocenters. The quantitative estimate of drug-likeness (QED) is 0.655. The highest BCUT2D eigenvalue weighted by atomic mass is 35.5. The van der Waals surface area contributed by atoms with Crippen LogP contribution in [0.2, 0.25) is 5.15 Å². The van der Waals surface area contributed by atoms with E-state index in [9.17, 15) is 0 Å². The van der Waals surface area contributed by atoms with Crippen LogP contribution in [0.25, 0.3) is 5.65 Å². The Hall–Kier alpha value is -0.810. The summed E-state index contributed by atoms with van der Waals surface area (Å²) in [6, 6.07) is 0. The predicted octanol–water partition coefficient (Wildman–Crippen LogP) is 1.50. The number of nitrogens with zero attached hydrogens (tertiary/aromatic N) is 4. The van der Waals surface area contributed by atoms with E-state index in [-0.39, 0.29) is 0 Å².